The minimum atomic E-state index is -0.117. The van der Waals surface area contributed by atoms with Crippen LogP contribution in [0.2, 0.25) is 0 Å². The van der Waals surface area contributed by atoms with Crippen LogP contribution in [0.15, 0.2) is 108 Å². The minimum absolute atomic E-state index is 0.0513. The molecule has 40 heavy (non-hydrogen) atoms. The zero-order valence-corrected chi connectivity index (χ0v) is 23.9. The summed E-state index contributed by atoms with van der Waals surface area (Å²) in [6.07, 6.45) is 0. The van der Waals surface area contributed by atoms with Gasteiger partial charge in [0.1, 0.15) is 5.75 Å². The Hall–Kier alpha value is -4.36. The standard InChI is InChI=1S/C33H32N4O2S/c1-33(2,3)25-16-14-24(15-17-25)31-35-36-32(37(31)26-18-20-27(39-4)21-19-26)40-22-30(38)34-29-13-9-8-12-28(29)23-10-6-5-7-11-23/h5-21H,22H2,1-4H3,(H,34,38). The van der Waals surface area contributed by atoms with Crippen LogP contribution >= 0.6 is 11.8 Å². The number of para-hydroxylation sites is 1. The van der Waals surface area contributed by atoms with E-state index in [-0.39, 0.29) is 17.1 Å². The summed E-state index contributed by atoms with van der Waals surface area (Å²) in [5.74, 6) is 1.54. The first kappa shape index (κ1) is 27.2. The fourth-order valence-electron chi connectivity index (χ4n) is 4.41. The summed E-state index contributed by atoms with van der Waals surface area (Å²) in [6, 6.07) is 34.0. The fourth-order valence-corrected chi connectivity index (χ4v) is 5.16. The van der Waals surface area contributed by atoms with Crippen LogP contribution in [0.5, 0.6) is 5.75 Å². The van der Waals surface area contributed by atoms with Gasteiger partial charge < -0.3 is 10.1 Å². The average molecular weight is 549 g/mol. The first-order chi connectivity index (χ1) is 19.3. The van der Waals surface area contributed by atoms with Gasteiger partial charge in [-0.15, -0.1) is 10.2 Å². The molecule has 0 spiro atoms. The van der Waals surface area contributed by atoms with Crippen LogP contribution in [-0.2, 0) is 10.2 Å². The predicted molar refractivity (Wildman–Crippen MR) is 163 cm³/mol. The SMILES string of the molecule is COc1ccc(-n2c(SCC(=O)Nc3ccccc3-c3ccccc3)nnc2-c2ccc(C(C)(C)C)cc2)cc1. The maximum absolute atomic E-state index is 13.1. The fraction of sp³-hybridized carbons (Fsp3) is 0.182. The van der Waals surface area contributed by atoms with Crippen LogP contribution in [0.25, 0.3) is 28.2 Å². The normalized spacial score (nSPS) is 11.3. The number of benzene rings is 4. The molecule has 7 heteroatoms. The van der Waals surface area contributed by atoms with Crippen molar-refractivity contribution in [2.24, 2.45) is 0 Å². The molecule has 0 fully saturated rings. The summed E-state index contributed by atoms with van der Waals surface area (Å²) < 4.78 is 7.34. The van der Waals surface area contributed by atoms with Crippen molar-refractivity contribution in [3.05, 3.63) is 109 Å². The van der Waals surface area contributed by atoms with Crippen molar-refractivity contribution in [3.63, 3.8) is 0 Å². The topological polar surface area (TPSA) is 69.0 Å². The largest absolute Gasteiger partial charge is 0.497 e. The van der Waals surface area contributed by atoms with E-state index < -0.39 is 0 Å². The molecule has 0 bridgehead atoms. The van der Waals surface area contributed by atoms with Crippen molar-refractivity contribution in [3.8, 4) is 34.0 Å². The first-order valence-corrected chi connectivity index (χ1v) is 14.1. The lowest BCUT2D eigenvalue weighted by atomic mass is 9.87. The molecule has 4 aromatic carbocycles. The van der Waals surface area contributed by atoms with Gasteiger partial charge in [-0.3, -0.25) is 9.36 Å². The molecule has 1 heterocycles. The molecule has 5 rings (SSSR count). The predicted octanol–water partition coefficient (Wildman–Crippen LogP) is 7.64. The van der Waals surface area contributed by atoms with Gasteiger partial charge in [0.25, 0.3) is 0 Å². The summed E-state index contributed by atoms with van der Waals surface area (Å²) in [5.41, 5.74) is 5.93. The van der Waals surface area contributed by atoms with Crippen molar-refractivity contribution < 1.29 is 9.53 Å². The second-order valence-corrected chi connectivity index (χ2v) is 11.4. The second-order valence-electron chi connectivity index (χ2n) is 10.4. The summed E-state index contributed by atoms with van der Waals surface area (Å²) >= 11 is 1.35. The summed E-state index contributed by atoms with van der Waals surface area (Å²) in [4.78, 5) is 13.1. The molecule has 1 amide bonds. The van der Waals surface area contributed by atoms with Crippen LogP contribution in [0.4, 0.5) is 5.69 Å². The van der Waals surface area contributed by atoms with Crippen molar-refractivity contribution in [2.45, 2.75) is 31.3 Å². The van der Waals surface area contributed by atoms with Gasteiger partial charge in [0.2, 0.25) is 5.91 Å². The van der Waals surface area contributed by atoms with E-state index in [0.717, 1.165) is 33.8 Å². The van der Waals surface area contributed by atoms with E-state index in [2.05, 4.69) is 60.6 Å². The first-order valence-electron chi connectivity index (χ1n) is 13.1. The summed E-state index contributed by atoms with van der Waals surface area (Å²) in [7, 11) is 1.64. The molecule has 0 saturated heterocycles. The van der Waals surface area contributed by atoms with E-state index in [1.54, 1.807) is 7.11 Å². The highest BCUT2D eigenvalue weighted by atomic mass is 32.2. The number of hydrogen-bond donors (Lipinski definition) is 1. The molecule has 0 aliphatic carbocycles. The molecule has 1 N–H and O–H groups in total. The van der Waals surface area contributed by atoms with E-state index >= 15 is 0 Å². The van der Waals surface area contributed by atoms with Gasteiger partial charge in [0.15, 0.2) is 11.0 Å². The zero-order valence-electron chi connectivity index (χ0n) is 23.1. The number of thioether (sulfide) groups is 1. The Bertz CT molecular complexity index is 1590. The van der Waals surface area contributed by atoms with E-state index in [1.165, 1.54) is 17.3 Å². The lowest BCUT2D eigenvalue weighted by Gasteiger charge is -2.19. The number of rotatable bonds is 8. The average Bonchev–Trinajstić information content (AvgIpc) is 3.40. The molecule has 202 valence electrons. The highest BCUT2D eigenvalue weighted by Crippen LogP contribution is 2.32. The molecule has 0 aliphatic rings. The lowest BCUT2D eigenvalue weighted by molar-refractivity contribution is -0.113. The Balaban J connectivity index is 1.41. The minimum Gasteiger partial charge on any atom is -0.497 e. The van der Waals surface area contributed by atoms with Gasteiger partial charge in [-0.25, -0.2) is 0 Å². The number of nitrogens with one attached hydrogen (secondary N) is 1. The molecule has 5 aromatic rings. The molecule has 1 aromatic heterocycles. The van der Waals surface area contributed by atoms with Gasteiger partial charge in [0, 0.05) is 22.5 Å². The third-order valence-electron chi connectivity index (χ3n) is 6.59. The van der Waals surface area contributed by atoms with Crippen molar-refractivity contribution >= 4 is 23.4 Å². The number of aromatic nitrogens is 3. The van der Waals surface area contributed by atoms with Gasteiger partial charge in [0.05, 0.1) is 12.9 Å². The van der Waals surface area contributed by atoms with Crippen LogP contribution in [-0.4, -0.2) is 33.5 Å². The van der Waals surface area contributed by atoms with E-state index in [0.29, 0.717) is 11.0 Å². The number of carbonyl (C=O) groups excluding carboxylic acids is 1. The molecule has 0 atom stereocenters. The third-order valence-corrected chi connectivity index (χ3v) is 7.52. The quantitative estimate of drug-likeness (QED) is 0.202. The molecule has 0 aliphatic heterocycles. The highest BCUT2D eigenvalue weighted by molar-refractivity contribution is 7.99. The second kappa shape index (κ2) is 11.8. The van der Waals surface area contributed by atoms with Gasteiger partial charge in [-0.05, 0) is 46.9 Å². The van der Waals surface area contributed by atoms with Crippen LogP contribution in [0.1, 0.15) is 26.3 Å². The van der Waals surface area contributed by atoms with Crippen LogP contribution in [0, 0.1) is 0 Å². The molecule has 0 saturated carbocycles. The summed E-state index contributed by atoms with van der Waals surface area (Å²) in [6.45, 7) is 6.58. The van der Waals surface area contributed by atoms with Gasteiger partial charge in [-0.1, -0.05) is 105 Å². The maximum Gasteiger partial charge on any atom is 0.234 e. The Morgan fingerprint density at radius 1 is 0.825 bits per heavy atom. The van der Waals surface area contributed by atoms with Crippen molar-refractivity contribution in [1.82, 2.24) is 14.8 Å². The number of nitrogens with zero attached hydrogens (tertiary/aromatic N) is 3. The van der Waals surface area contributed by atoms with E-state index in [4.69, 9.17) is 4.74 Å². The number of anilines is 1. The summed E-state index contributed by atoms with van der Waals surface area (Å²) in [5, 5.41) is 12.7. The number of amides is 1. The monoisotopic (exact) mass is 548 g/mol. The third kappa shape index (κ3) is 6.10. The Labute approximate surface area is 239 Å². The lowest BCUT2D eigenvalue weighted by Crippen LogP contribution is -2.15. The number of methoxy groups -OCH3 is 1. The molecular formula is C33H32N4O2S. The number of hydrogen-bond acceptors (Lipinski definition) is 5. The maximum atomic E-state index is 13.1. The number of ether oxygens (including phenoxy) is 1. The van der Waals surface area contributed by atoms with Crippen molar-refractivity contribution in [1.29, 1.82) is 0 Å². The van der Waals surface area contributed by atoms with E-state index in [1.807, 2.05) is 83.4 Å². The zero-order chi connectivity index (χ0) is 28.1. The highest BCUT2D eigenvalue weighted by Gasteiger charge is 2.19. The smallest absolute Gasteiger partial charge is 0.234 e. The Morgan fingerprint density at radius 3 is 2.17 bits per heavy atom. The molecule has 0 unspecified atom stereocenters. The van der Waals surface area contributed by atoms with Gasteiger partial charge in [-0.2, -0.15) is 0 Å². The van der Waals surface area contributed by atoms with Crippen LogP contribution < -0.4 is 10.1 Å². The Morgan fingerprint density at radius 2 is 1.50 bits per heavy atom. The molecular weight excluding hydrogens is 516 g/mol. The van der Waals surface area contributed by atoms with Crippen LogP contribution in [0.3, 0.4) is 0 Å². The Kier molecular flexibility index (Phi) is 8.03. The molecule has 0 radical (unpaired) electrons. The van der Waals surface area contributed by atoms with Gasteiger partial charge >= 0.3 is 0 Å². The number of carbonyl (C=O) groups is 1. The van der Waals surface area contributed by atoms with Crippen molar-refractivity contribution in [2.75, 3.05) is 18.2 Å². The van der Waals surface area contributed by atoms with E-state index in [9.17, 15) is 4.79 Å². The molecule has 6 nitrogen and oxygen atoms in total.